The van der Waals surface area contributed by atoms with Crippen LogP contribution in [0.5, 0.6) is 0 Å². The molecule has 0 aromatic carbocycles. The highest BCUT2D eigenvalue weighted by molar-refractivity contribution is 7.54. The second-order valence-electron chi connectivity index (χ2n) is 5.28. The molecular formula is C13H21N2O9P. The Balaban J connectivity index is 2.30. The fourth-order valence-electron chi connectivity index (χ4n) is 2.52. The SMILES string of the molecule is CCOP(=O)(OCC)[C@H](O)[C@H]1O[C@@H](n2ccc(=O)[nH]c2=O)[C@H](O)[C@@H]1O. The molecule has 1 saturated heterocycles. The van der Waals surface area contributed by atoms with E-state index in [0.717, 1.165) is 16.8 Å². The summed E-state index contributed by atoms with van der Waals surface area (Å²) in [7, 11) is -4.05. The van der Waals surface area contributed by atoms with Crippen LogP contribution in [-0.4, -0.2) is 62.2 Å². The Morgan fingerprint density at radius 3 is 2.40 bits per heavy atom. The van der Waals surface area contributed by atoms with Crippen LogP contribution in [0.3, 0.4) is 0 Å². The van der Waals surface area contributed by atoms with E-state index in [2.05, 4.69) is 0 Å². The largest absolute Gasteiger partial charge is 0.387 e. The Morgan fingerprint density at radius 2 is 1.88 bits per heavy atom. The molecule has 1 aromatic rings. The molecule has 0 spiro atoms. The fourth-order valence-corrected chi connectivity index (χ4v) is 4.23. The summed E-state index contributed by atoms with van der Waals surface area (Å²) < 4.78 is 28.8. The van der Waals surface area contributed by atoms with Crippen LogP contribution in [0.15, 0.2) is 21.9 Å². The molecule has 11 nitrogen and oxygen atoms in total. The molecule has 0 amide bonds. The molecule has 142 valence electrons. The van der Waals surface area contributed by atoms with E-state index in [1.807, 2.05) is 4.98 Å². The first-order chi connectivity index (χ1) is 11.7. The van der Waals surface area contributed by atoms with Crippen molar-refractivity contribution >= 4 is 7.60 Å². The number of aliphatic hydroxyl groups excluding tert-OH is 3. The van der Waals surface area contributed by atoms with E-state index in [4.69, 9.17) is 13.8 Å². The molecule has 25 heavy (non-hydrogen) atoms. The molecule has 0 bridgehead atoms. The molecule has 0 saturated carbocycles. The Labute approximate surface area is 142 Å². The van der Waals surface area contributed by atoms with Gasteiger partial charge in [-0.1, -0.05) is 0 Å². The first kappa shape index (κ1) is 20.0. The van der Waals surface area contributed by atoms with Crippen LogP contribution in [0, 0.1) is 0 Å². The standard InChI is InChI=1S/C13H21N2O9P/c1-3-22-25(21,23-4-2)12(19)10-8(17)9(18)11(24-10)15-6-5-7(16)14-13(15)20/h5-6,8-12,17-19H,3-4H2,1-2H3,(H,14,16,20)/t8-,9+,10-,11+,12-/m0/s1. The maximum atomic E-state index is 12.6. The van der Waals surface area contributed by atoms with E-state index >= 15 is 0 Å². The van der Waals surface area contributed by atoms with E-state index < -0.39 is 49.2 Å². The Kier molecular flexibility index (Phi) is 6.33. The highest BCUT2D eigenvalue weighted by Crippen LogP contribution is 2.55. The minimum Gasteiger partial charge on any atom is -0.387 e. The number of aromatic nitrogens is 2. The van der Waals surface area contributed by atoms with Gasteiger partial charge in [0, 0.05) is 12.3 Å². The number of H-pyrrole nitrogens is 1. The molecular weight excluding hydrogens is 359 g/mol. The van der Waals surface area contributed by atoms with E-state index in [0.29, 0.717) is 0 Å². The van der Waals surface area contributed by atoms with E-state index in [1.165, 1.54) is 0 Å². The summed E-state index contributed by atoms with van der Waals surface area (Å²) in [6.45, 7) is 3.04. The van der Waals surface area contributed by atoms with Gasteiger partial charge in [-0.25, -0.2) is 4.79 Å². The zero-order valence-corrected chi connectivity index (χ0v) is 14.5. The third-order valence-corrected chi connectivity index (χ3v) is 5.81. The number of ether oxygens (including phenoxy) is 1. The third kappa shape index (κ3) is 3.93. The molecule has 0 aliphatic carbocycles. The van der Waals surface area contributed by atoms with Gasteiger partial charge in [0.2, 0.25) is 0 Å². The minimum absolute atomic E-state index is 0.0253. The average Bonchev–Trinajstić information content (AvgIpc) is 2.83. The molecule has 5 atom stereocenters. The van der Waals surface area contributed by atoms with E-state index in [1.54, 1.807) is 13.8 Å². The summed E-state index contributed by atoms with van der Waals surface area (Å²) in [6, 6.07) is 1.03. The lowest BCUT2D eigenvalue weighted by molar-refractivity contribution is -0.0715. The molecule has 2 heterocycles. The Bertz CT molecular complexity index is 738. The number of hydrogen-bond acceptors (Lipinski definition) is 9. The van der Waals surface area contributed by atoms with Gasteiger partial charge in [0.1, 0.15) is 18.3 Å². The first-order valence-corrected chi connectivity index (χ1v) is 9.26. The quantitative estimate of drug-likeness (QED) is 0.423. The number of rotatable bonds is 7. The third-order valence-electron chi connectivity index (χ3n) is 3.64. The van der Waals surface area contributed by atoms with Crippen LogP contribution in [-0.2, 0) is 18.3 Å². The topological polar surface area (TPSA) is 160 Å². The molecule has 1 aliphatic rings. The van der Waals surface area contributed by atoms with Crippen molar-refractivity contribution in [1.82, 2.24) is 9.55 Å². The number of nitrogens with one attached hydrogen (secondary N) is 1. The summed E-state index contributed by atoms with van der Waals surface area (Å²) in [4.78, 5) is 24.9. The molecule has 1 aromatic heterocycles. The predicted molar refractivity (Wildman–Crippen MR) is 84.1 cm³/mol. The first-order valence-electron chi connectivity index (χ1n) is 7.65. The molecule has 1 aliphatic heterocycles. The zero-order chi connectivity index (χ0) is 18.8. The Morgan fingerprint density at radius 1 is 1.28 bits per heavy atom. The maximum absolute atomic E-state index is 12.6. The van der Waals surface area contributed by atoms with E-state index in [-0.39, 0.29) is 13.2 Å². The van der Waals surface area contributed by atoms with E-state index in [9.17, 15) is 29.5 Å². The summed E-state index contributed by atoms with van der Waals surface area (Å²) in [5.74, 6) is -1.89. The molecule has 12 heteroatoms. The van der Waals surface area contributed by atoms with Gasteiger partial charge in [-0.15, -0.1) is 0 Å². The number of aliphatic hydroxyl groups is 3. The van der Waals surface area contributed by atoms with Gasteiger partial charge >= 0.3 is 13.3 Å². The summed E-state index contributed by atoms with van der Waals surface area (Å²) in [5.41, 5.74) is -1.53. The van der Waals surface area contributed by atoms with Gasteiger partial charge in [-0.3, -0.25) is 18.9 Å². The normalized spacial score (nSPS) is 28.2. The molecule has 1 fully saturated rings. The lowest BCUT2D eigenvalue weighted by Crippen LogP contribution is -2.39. The highest BCUT2D eigenvalue weighted by Gasteiger charge is 2.53. The second kappa shape index (κ2) is 7.92. The summed E-state index contributed by atoms with van der Waals surface area (Å²) in [5, 5.41) is 30.6. The monoisotopic (exact) mass is 380 g/mol. The van der Waals surface area contributed by atoms with Crippen molar-refractivity contribution in [2.75, 3.05) is 13.2 Å². The van der Waals surface area contributed by atoms with Crippen LogP contribution in [0.25, 0.3) is 0 Å². The van der Waals surface area contributed by atoms with Crippen LogP contribution in [0.1, 0.15) is 20.1 Å². The summed E-state index contributed by atoms with van der Waals surface area (Å²) >= 11 is 0. The van der Waals surface area contributed by atoms with Gasteiger partial charge in [0.25, 0.3) is 5.56 Å². The van der Waals surface area contributed by atoms with Crippen molar-refractivity contribution in [2.45, 2.75) is 44.2 Å². The maximum Gasteiger partial charge on any atom is 0.361 e. The van der Waals surface area contributed by atoms with Crippen LogP contribution < -0.4 is 11.2 Å². The molecule has 0 radical (unpaired) electrons. The van der Waals surface area contributed by atoms with Gasteiger partial charge in [-0.2, -0.15) is 0 Å². The van der Waals surface area contributed by atoms with Crippen LogP contribution >= 0.6 is 7.60 Å². The molecule has 4 N–H and O–H groups in total. The lowest BCUT2D eigenvalue weighted by atomic mass is 10.1. The Hall–Kier alpha value is -1.33. The summed E-state index contributed by atoms with van der Waals surface area (Å²) in [6.07, 6.45) is -5.17. The minimum atomic E-state index is -4.05. The number of aromatic amines is 1. The van der Waals surface area contributed by atoms with Gasteiger partial charge in [0.05, 0.1) is 13.2 Å². The molecule has 2 rings (SSSR count). The van der Waals surface area contributed by atoms with Gasteiger partial charge in [-0.05, 0) is 13.8 Å². The highest BCUT2D eigenvalue weighted by atomic mass is 31.2. The van der Waals surface area contributed by atoms with Crippen molar-refractivity contribution in [1.29, 1.82) is 0 Å². The van der Waals surface area contributed by atoms with Crippen molar-refractivity contribution < 1.29 is 33.7 Å². The van der Waals surface area contributed by atoms with Crippen LogP contribution in [0.2, 0.25) is 0 Å². The number of hydrogen-bond donors (Lipinski definition) is 4. The second-order valence-corrected chi connectivity index (χ2v) is 7.40. The molecule has 0 unspecified atom stereocenters. The zero-order valence-electron chi connectivity index (χ0n) is 13.6. The van der Waals surface area contributed by atoms with Crippen molar-refractivity contribution in [3.05, 3.63) is 33.1 Å². The van der Waals surface area contributed by atoms with Crippen LogP contribution in [0.4, 0.5) is 0 Å². The predicted octanol–water partition coefficient (Wildman–Crippen LogP) is -1.26. The number of nitrogens with zero attached hydrogens (tertiary/aromatic N) is 1. The average molecular weight is 380 g/mol. The van der Waals surface area contributed by atoms with Crippen molar-refractivity contribution in [3.63, 3.8) is 0 Å². The fraction of sp³-hybridized carbons (Fsp3) is 0.692. The van der Waals surface area contributed by atoms with Crippen molar-refractivity contribution in [3.8, 4) is 0 Å². The smallest absolute Gasteiger partial charge is 0.361 e. The van der Waals surface area contributed by atoms with Crippen molar-refractivity contribution in [2.24, 2.45) is 0 Å². The van der Waals surface area contributed by atoms with Gasteiger partial charge in [0.15, 0.2) is 12.1 Å². The van der Waals surface area contributed by atoms with Gasteiger partial charge < -0.3 is 29.1 Å². The lowest BCUT2D eigenvalue weighted by Gasteiger charge is -2.27.